The maximum absolute atomic E-state index is 11.7. The maximum atomic E-state index is 11.7. The summed E-state index contributed by atoms with van der Waals surface area (Å²) in [7, 11) is 1.35. The third-order valence-electron chi connectivity index (χ3n) is 2.94. The van der Waals surface area contributed by atoms with Crippen molar-refractivity contribution >= 4 is 40.1 Å². The number of hydrogen-bond donors (Lipinski definition) is 1. The van der Waals surface area contributed by atoms with Crippen LogP contribution < -0.4 is 5.32 Å². The maximum Gasteiger partial charge on any atom is 0.315 e. The minimum absolute atomic E-state index is 0.111. The summed E-state index contributed by atoms with van der Waals surface area (Å²) >= 11 is 2.81. The number of amides is 1. The van der Waals surface area contributed by atoms with E-state index in [2.05, 4.69) is 34.1 Å². The number of methoxy groups -OCH3 is 1. The highest BCUT2D eigenvalue weighted by Gasteiger charge is 2.14. The van der Waals surface area contributed by atoms with Crippen molar-refractivity contribution in [2.45, 2.75) is 39.0 Å². The molecule has 1 aromatic rings. The Balaban J connectivity index is 2.33. The molecule has 0 aliphatic carbocycles. The molecule has 0 saturated carbocycles. The Morgan fingerprint density at radius 3 is 2.67 bits per heavy atom. The standard InChI is InChI=1S/C13H21N3O3S2/c1-4-9(5-2)12-15-16-13(21-12)14-10(17)6-7-20-8-11(18)19-3/h9H,4-8H2,1-3H3,(H,14,16,17). The van der Waals surface area contributed by atoms with Crippen LogP contribution in [0, 0.1) is 0 Å². The lowest BCUT2D eigenvalue weighted by molar-refractivity contribution is -0.137. The molecule has 8 heteroatoms. The Morgan fingerprint density at radius 2 is 2.05 bits per heavy atom. The number of carbonyl (C=O) groups is 2. The summed E-state index contributed by atoms with van der Waals surface area (Å²) in [6.07, 6.45) is 2.37. The van der Waals surface area contributed by atoms with Crippen LogP contribution in [0.5, 0.6) is 0 Å². The van der Waals surface area contributed by atoms with Crippen molar-refractivity contribution in [3.63, 3.8) is 0 Å². The highest BCUT2D eigenvalue weighted by Crippen LogP contribution is 2.28. The molecule has 0 saturated heterocycles. The smallest absolute Gasteiger partial charge is 0.315 e. The number of ether oxygens (including phenoxy) is 1. The van der Waals surface area contributed by atoms with E-state index in [1.54, 1.807) is 0 Å². The first-order chi connectivity index (χ1) is 10.1. The van der Waals surface area contributed by atoms with Gasteiger partial charge in [-0.3, -0.25) is 9.59 Å². The normalized spacial score (nSPS) is 10.7. The van der Waals surface area contributed by atoms with E-state index >= 15 is 0 Å². The van der Waals surface area contributed by atoms with E-state index in [4.69, 9.17) is 0 Å². The summed E-state index contributed by atoms with van der Waals surface area (Å²) in [4.78, 5) is 22.7. The fourth-order valence-corrected chi connectivity index (χ4v) is 3.43. The van der Waals surface area contributed by atoms with Crippen LogP contribution in [0.3, 0.4) is 0 Å². The van der Waals surface area contributed by atoms with Crippen molar-refractivity contribution in [1.29, 1.82) is 0 Å². The van der Waals surface area contributed by atoms with E-state index in [-0.39, 0.29) is 17.6 Å². The Kier molecular flexibility index (Phi) is 8.29. The first-order valence-corrected chi connectivity index (χ1v) is 8.85. The van der Waals surface area contributed by atoms with Gasteiger partial charge in [0.1, 0.15) is 5.01 Å². The summed E-state index contributed by atoms with van der Waals surface area (Å²) < 4.78 is 4.52. The second kappa shape index (κ2) is 9.73. The largest absolute Gasteiger partial charge is 0.468 e. The molecule has 1 rings (SSSR count). The molecule has 0 bridgehead atoms. The van der Waals surface area contributed by atoms with Crippen LogP contribution in [0.15, 0.2) is 0 Å². The number of hydrogen-bond acceptors (Lipinski definition) is 7. The predicted octanol–water partition coefficient (Wildman–Crippen LogP) is 2.68. The number of thioether (sulfide) groups is 1. The number of nitrogens with one attached hydrogen (secondary N) is 1. The molecule has 0 fully saturated rings. The highest BCUT2D eigenvalue weighted by molar-refractivity contribution is 7.99. The second-order valence-electron chi connectivity index (χ2n) is 4.39. The quantitative estimate of drug-likeness (QED) is 0.553. The van der Waals surface area contributed by atoms with Gasteiger partial charge in [0.25, 0.3) is 0 Å². The fourth-order valence-electron chi connectivity index (χ4n) is 1.65. The third-order valence-corrected chi connectivity index (χ3v) is 4.88. The molecular weight excluding hydrogens is 310 g/mol. The number of anilines is 1. The molecule has 0 aliphatic heterocycles. The second-order valence-corrected chi connectivity index (χ2v) is 6.50. The summed E-state index contributed by atoms with van der Waals surface area (Å²) in [5, 5.41) is 12.4. The predicted molar refractivity (Wildman–Crippen MR) is 85.8 cm³/mol. The van der Waals surface area contributed by atoms with Gasteiger partial charge in [-0.05, 0) is 12.8 Å². The molecule has 21 heavy (non-hydrogen) atoms. The molecule has 6 nitrogen and oxygen atoms in total. The Labute approximate surface area is 133 Å². The van der Waals surface area contributed by atoms with Gasteiger partial charge >= 0.3 is 5.97 Å². The van der Waals surface area contributed by atoms with Crippen molar-refractivity contribution in [1.82, 2.24) is 10.2 Å². The molecular formula is C13H21N3O3S2. The molecule has 118 valence electrons. The van der Waals surface area contributed by atoms with Gasteiger partial charge in [-0.15, -0.1) is 22.0 Å². The lowest BCUT2D eigenvalue weighted by atomic mass is 10.1. The van der Waals surface area contributed by atoms with E-state index in [0.29, 0.717) is 23.2 Å². The Hall–Kier alpha value is -1.15. The zero-order chi connectivity index (χ0) is 15.7. The van der Waals surface area contributed by atoms with E-state index in [0.717, 1.165) is 17.8 Å². The number of esters is 1. The van der Waals surface area contributed by atoms with Gasteiger partial charge in [-0.25, -0.2) is 0 Å². The SMILES string of the molecule is CCC(CC)c1nnc(NC(=O)CCSCC(=O)OC)s1. The van der Waals surface area contributed by atoms with Gasteiger partial charge in [-0.2, -0.15) is 0 Å². The van der Waals surface area contributed by atoms with Crippen LogP contribution in [0.4, 0.5) is 5.13 Å². The Bertz CT molecular complexity index is 461. The van der Waals surface area contributed by atoms with Crippen LogP contribution in [-0.2, 0) is 14.3 Å². The molecule has 1 heterocycles. The van der Waals surface area contributed by atoms with Crippen LogP contribution in [0.1, 0.15) is 44.0 Å². The number of carbonyl (C=O) groups excluding carboxylic acids is 2. The van der Waals surface area contributed by atoms with Gasteiger partial charge in [0, 0.05) is 18.1 Å². The van der Waals surface area contributed by atoms with E-state index in [9.17, 15) is 9.59 Å². The zero-order valence-corrected chi connectivity index (χ0v) is 14.2. The lowest BCUT2D eigenvalue weighted by Gasteiger charge is -2.05. The molecule has 0 aromatic carbocycles. The number of nitrogens with zero attached hydrogens (tertiary/aromatic N) is 2. The van der Waals surface area contributed by atoms with Crippen molar-refractivity contribution in [3.8, 4) is 0 Å². The molecule has 1 aromatic heterocycles. The van der Waals surface area contributed by atoms with Crippen molar-refractivity contribution in [2.24, 2.45) is 0 Å². The van der Waals surface area contributed by atoms with E-state index in [1.165, 1.54) is 30.2 Å². The molecule has 0 atom stereocenters. The topological polar surface area (TPSA) is 81.2 Å². The average Bonchev–Trinajstić information content (AvgIpc) is 2.93. The van der Waals surface area contributed by atoms with Gasteiger partial charge in [0.2, 0.25) is 11.0 Å². The third kappa shape index (κ3) is 6.43. The molecule has 1 N–H and O–H groups in total. The van der Waals surface area contributed by atoms with Gasteiger partial charge in [0.05, 0.1) is 12.9 Å². The minimum atomic E-state index is -0.278. The van der Waals surface area contributed by atoms with Crippen LogP contribution >= 0.6 is 23.1 Å². The highest BCUT2D eigenvalue weighted by atomic mass is 32.2. The zero-order valence-electron chi connectivity index (χ0n) is 12.5. The first kappa shape index (κ1) is 17.9. The summed E-state index contributed by atoms with van der Waals surface area (Å²) in [5.74, 6) is 0.850. The van der Waals surface area contributed by atoms with Gasteiger partial charge < -0.3 is 10.1 Å². The van der Waals surface area contributed by atoms with Gasteiger partial charge in [-0.1, -0.05) is 25.2 Å². The summed E-state index contributed by atoms with van der Waals surface area (Å²) in [6.45, 7) is 4.23. The van der Waals surface area contributed by atoms with E-state index in [1.807, 2.05) is 0 Å². The monoisotopic (exact) mass is 331 g/mol. The minimum Gasteiger partial charge on any atom is -0.468 e. The number of aromatic nitrogens is 2. The van der Waals surface area contributed by atoms with Crippen molar-refractivity contribution in [2.75, 3.05) is 23.9 Å². The summed E-state index contributed by atoms with van der Waals surface area (Å²) in [5.41, 5.74) is 0. The van der Waals surface area contributed by atoms with Crippen LogP contribution in [0.2, 0.25) is 0 Å². The van der Waals surface area contributed by atoms with Crippen LogP contribution in [0.25, 0.3) is 0 Å². The summed E-state index contributed by atoms with van der Waals surface area (Å²) in [6, 6.07) is 0. The Morgan fingerprint density at radius 1 is 1.33 bits per heavy atom. The van der Waals surface area contributed by atoms with Crippen LogP contribution in [-0.4, -0.2) is 40.7 Å². The number of rotatable bonds is 9. The first-order valence-electron chi connectivity index (χ1n) is 6.88. The van der Waals surface area contributed by atoms with Crippen molar-refractivity contribution < 1.29 is 14.3 Å². The molecule has 1 amide bonds. The lowest BCUT2D eigenvalue weighted by Crippen LogP contribution is -2.13. The average molecular weight is 331 g/mol. The molecule has 0 radical (unpaired) electrons. The molecule has 0 spiro atoms. The molecule has 0 unspecified atom stereocenters. The van der Waals surface area contributed by atoms with Crippen molar-refractivity contribution in [3.05, 3.63) is 5.01 Å². The van der Waals surface area contributed by atoms with E-state index < -0.39 is 0 Å². The molecule has 0 aliphatic rings. The van der Waals surface area contributed by atoms with Gasteiger partial charge in [0.15, 0.2) is 0 Å². The fraction of sp³-hybridized carbons (Fsp3) is 0.692.